The smallest absolute Gasteiger partial charge is 0.316 e. The minimum atomic E-state index is -0.210. The minimum absolute atomic E-state index is 0.0505. The first-order chi connectivity index (χ1) is 14.5. The van der Waals surface area contributed by atoms with Crippen molar-refractivity contribution < 1.29 is 18.7 Å². The number of piperidine rings is 1. The molecule has 0 N–H and O–H groups in total. The van der Waals surface area contributed by atoms with E-state index in [1.165, 1.54) is 25.6 Å². The van der Waals surface area contributed by atoms with E-state index in [1.54, 1.807) is 19.2 Å². The highest BCUT2D eigenvalue weighted by Crippen LogP contribution is 2.40. The van der Waals surface area contributed by atoms with Gasteiger partial charge in [-0.15, -0.1) is 0 Å². The van der Waals surface area contributed by atoms with Crippen LogP contribution in [-0.2, 0) is 6.54 Å². The molecule has 0 aliphatic carbocycles. The zero-order valence-electron chi connectivity index (χ0n) is 17.4. The molecule has 0 unspecified atom stereocenters. The molecule has 8 heteroatoms. The van der Waals surface area contributed by atoms with E-state index in [9.17, 15) is 9.18 Å². The number of hydrogen-bond donors (Lipinski definition) is 0. The van der Waals surface area contributed by atoms with E-state index in [1.807, 2.05) is 4.90 Å². The average Bonchev–Trinajstić information content (AvgIpc) is 3.17. The molecule has 4 rings (SSSR count). The van der Waals surface area contributed by atoms with Gasteiger partial charge in [0.15, 0.2) is 0 Å². The van der Waals surface area contributed by atoms with E-state index >= 15 is 0 Å². The standard InChI is InChI=1S/C22H27FN4O3/c1-29-18-4-5-19(23)16(10-18)13-26-8-3-6-22(14-26)7-9-27(15-22)20(28)17-11-24-21(30-2)25-12-17/h4-5,10-12H,3,6-9,13-15H2,1-2H3/t22-/m0/s1. The summed E-state index contributed by atoms with van der Waals surface area (Å²) in [6.45, 7) is 3.75. The van der Waals surface area contributed by atoms with Gasteiger partial charge in [0.1, 0.15) is 11.6 Å². The van der Waals surface area contributed by atoms with E-state index in [0.29, 0.717) is 36.5 Å². The number of nitrogens with zero attached hydrogens (tertiary/aromatic N) is 4. The fourth-order valence-electron chi connectivity index (χ4n) is 4.64. The molecule has 2 aliphatic rings. The molecule has 7 nitrogen and oxygen atoms in total. The Labute approximate surface area is 175 Å². The molecule has 1 atom stereocenters. The summed E-state index contributed by atoms with van der Waals surface area (Å²) in [6, 6.07) is 5.11. The number of carbonyl (C=O) groups is 1. The molecule has 2 fully saturated rings. The first-order valence-electron chi connectivity index (χ1n) is 10.2. The molecular weight excluding hydrogens is 387 g/mol. The van der Waals surface area contributed by atoms with Crippen LogP contribution in [0.3, 0.4) is 0 Å². The minimum Gasteiger partial charge on any atom is -0.497 e. The highest BCUT2D eigenvalue weighted by Gasteiger charge is 2.43. The molecule has 1 amide bonds. The molecule has 0 saturated carbocycles. The molecule has 3 heterocycles. The van der Waals surface area contributed by atoms with Gasteiger partial charge in [0.05, 0.1) is 19.8 Å². The van der Waals surface area contributed by atoms with Gasteiger partial charge in [-0.05, 0) is 44.0 Å². The van der Waals surface area contributed by atoms with E-state index < -0.39 is 0 Å². The van der Waals surface area contributed by atoms with Crippen LogP contribution in [0.4, 0.5) is 4.39 Å². The number of aromatic nitrogens is 2. The van der Waals surface area contributed by atoms with Crippen LogP contribution in [0.15, 0.2) is 30.6 Å². The number of benzene rings is 1. The van der Waals surface area contributed by atoms with Gasteiger partial charge in [-0.1, -0.05) is 0 Å². The predicted molar refractivity (Wildman–Crippen MR) is 109 cm³/mol. The van der Waals surface area contributed by atoms with E-state index in [0.717, 1.165) is 32.4 Å². The number of halogens is 1. The second-order valence-corrected chi connectivity index (χ2v) is 8.21. The van der Waals surface area contributed by atoms with Gasteiger partial charge in [-0.2, -0.15) is 0 Å². The van der Waals surface area contributed by atoms with Gasteiger partial charge in [-0.25, -0.2) is 14.4 Å². The number of ether oxygens (including phenoxy) is 2. The van der Waals surface area contributed by atoms with E-state index in [2.05, 4.69) is 14.9 Å². The topological polar surface area (TPSA) is 67.8 Å². The summed E-state index contributed by atoms with van der Waals surface area (Å²) in [4.78, 5) is 25.2. The number of rotatable bonds is 5. The fraction of sp³-hybridized carbons (Fsp3) is 0.500. The molecule has 0 radical (unpaired) electrons. The Balaban J connectivity index is 1.42. The molecule has 2 saturated heterocycles. The lowest BCUT2D eigenvalue weighted by molar-refractivity contribution is 0.0672. The first kappa shape index (κ1) is 20.5. The van der Waals surface area contributed by atoms with Crippen molar-refractivity contribution in [3.05, 3.63) is 47.5 Å². The van der Waals surface area contributed by atoms with Crippen molar-refractivity contribution in [1.82, 2.24) is 19.8 Å². The largest absolute Gasteiger partial charge is 0.497 e. The maximum Gasteiger partial charge on any atom is 0.316 e. The Morgan fingerprint density at radius 1 is 1.13 bits per heavy atom. The zero-order chi connectivity index (χ0) is 21.1. The number of carbonyl (C=O) groups excluding carboxylic acids is 1. The van der Waals surface area contributed by atoms with Crippen LogP contribution in [0, 0.1) is 11.2 Å². The predicted octanol–water partition coefficient (Wildman–Crippen LogP) is 2.76. The molecule has 2 aliphatic heterocycles. The van der Waals surface area contributed by atoms with Gasteiger partial charge in [0.25, 0.3) is 5.91 Å². The Morgan fingerprint density at radius 3 is 2.67 bits per heavy atom. The van der Waals surface area contributed by atoms with Gasteiger partial charge in [-0.3, -0.25) is 9.69 Å². The van der Waals surface area contributed by atoms with Crippen molar-refractivity contribution in [2.24, 2.45) is 5.41 Å². The monoisotopic (exact) mass is 414 g/mol. The van der Waals surface area contributed by atoms with Crippen molar-refractivity contribution in [1.29, 1.82) is 0 Å². The molecule has 2 aromatic rings. The summed E-state index contributed by atoms with van der Waals surface area (Å²) >= 11 is 0. The third-order valence-electron chi connectivity index (χ3n) is 6.17. The molecule has 1 spiro atoms. The third-order valence-corrected chi connectivity index (χ3v) is 6.17. The van der Waals surface area contributed by atoms with Crippen LogP contribution in [0.1, 0.15) is 35.2 Å². The summed E-state index contributed by atoms with van der Waals surface area (Å²) in [7, 11) is 3.08. The molecule has 160 valence electrons. The van der Waals surface area contributed by atoms with Crippen LogP contribution in [0.2, 0.25) is 0 Å². The summed E-state index contributed by atoms with van der Waals surface area (Å²) in [5.74, 6) is 0.404. The van der Waals surface area contributed by atoms with Gasteiger partial charge in [0.2, 0.25) is 0 Å². The molecular formula is C22H27FN4O3. The van der Waals surface area contributed by atoms with Crippen molar-refractivity contribution in [3.8, 4) is 11.8 Å². The van der Waals surface area contributed by atoms with Crippen molar-refractivity contribution in [2.75, 3.05) is 40.4 Å². The lowest BCUT2D eigenvalue weighted by atomic mass is 9.79. The number of amides is 1. The van der Waals surface area contributed by atoms with Crippen LogP contribution >= 0.6 is 0 Å². The lowest BCUT2D eigenvalue weighted by Gasteiger charge is -2.40. The Hall–Kier alpha value is -2.74. The fourth-order valence-corrected chi connectivity index (χ4v) is 4.64. The van der Waals surface area contributed by atoms with E-state index in [4.69, 9.17) is 9.47 Å². The second-order valence-electron chi connectivity index (χ2n) is 8.21. The maximum atomic E-state index is 14.3. The number of hydrogen-bond acceptors (Lipinski definition) is 6. The van der Waals surface area contributed by atoms with Crippen molar-refractivity contribution in [3.63, 3.8) is 0 Å². The van der Waals surface area contributed by atoms with Gasteiger partial charge in [0, 0.05) is 49.6 Å². The second kappa shape index (κ2) is 8.55. The van der Waals surface area contributed by atoms with E-state index in [-0.39, 0.29) is 23.1 Å². The van der Waals surface area contributed by atoms with Crippen LogP contribution in [0.5, 0.6) is 11.8 Å². The maximum absolute atomic E-state index is 14.3. The first-order valence-corrected chi connectivity index (χ1v) is 10.2. The molecule has 0 bridgehead atoms. The van der Waals surface area contributed by atoms with Crippen molar-refractivity contribution >= 4 is 5.91 Å². The summed E-state index contributed by atoms with van der Waals surface area (Å²) in [5.41, 5.74) is 1.17. The number of methoxy groups -OCH3 is 2. The highest BCUT2D eigenvalue weighted by atomic mass is 19.1. The van der Waals surface area contributed by atoms with Gasteiger partial charge >= 0.3 is 6.01 Å². The van der Waals surface area contributed by atoms with Crippen LogP contribution < -0.4 is 9.47 Å². The zero-order valence-corrected chi connectivity index (χ0v) is 17.4. The average molecular weight is 414 g/mol. The normalized spacial score (nSPS) is 21.8. The molecule has 30 heavy (non-hydrogen) atoms. The quantitative estimate of drug-likeness (QED) is 0.750. The van der Waals surface area contributed by atoms with Crippen LogP contribution in [0.25, 0.3) is 0 Å². The molecule has 1 aromatic carbocycles. The highest BCUT2D eigenvalue weighted by molar-refractivity contribution is 5.93. The lowest BCUT2D eigenvalue weighted by Crippen LogP contribution is -2.45. The molecule has 1 aromatic heterocycles. The van der Waals surface area contributed by atoms with Crippen molar-refractivity contribution in [2.45, 2.75) is 25.8 Å². The van der Waals surface area contributed by atoms with Gasteiger partial charge < -0.3 is 14.4 Å². The Bertz CT molecular complexity index is 908. The Kier molecular flexibility index (Phi) is 5.85. The number of likely N-dealkylation sites (tertiary alicyclic amines) is 2. The Morgan fingerprint density at radius 2 is 1.93 bits per heavy atom. The summed E-state index contributed by atoms with van der Waals surface area (Å²) in [5, 5.41) is 0. The SMILES string of the molecule is COc1ccc(F)c(CN2CCC[C@]3(CCN(C(=O)c4cnc(OC)nc4)C3)C2)c1. The summed E-state index contributed by atoms with van der Waals surface area (Å²) < 4.78 is 24.5. The third kappa shape index (κ3) is 4.23. The summed E-state index contributed by atoms with van der Waals surface area (Å²) in [6.07, 6.45) is 6.09. The van der Waals surface area contributed by atoms with Crippen LogP contribution in [-0.4, -0.2) is 66.1 Å².